The Bertz CT molecular complexity index is 1680. The highest BCUT2D eigenvalue weighted by Gasteiger charge is 2.15. The summed E-state index contributed by atoms with van der Waals surface area (Å²) in [5, 5.41) is 17.6. The predicted octanol–water partition coefficient (Wildman–Crippen LogP) is 6.33. The third-order valence-electron chi connectivity index (χ3n) is 5.43. The first-order chi connectivity index (χ1) is 16.5. The number of nitrogens with one attached hydrogen (secondary N) is 3. The van der Waals surface area contributed by atoms with Crippen molar-refractivity contribution in [3.05, 3.63) is 65.0 Å². The molecule has 3 N–H and O–H groups in total. The van der Waals surface area contributed by atoms with E-state index in [1.165, 1.54) is 11.3 Å². The Labute approximate surface area is 202 Å². The molecule has 0 fully saturated rings. The SMILES string of the molecule is CC(C)NC(=O)c1cc2ccc(-c3nc(Nc4ccc5[nH]ncc5c4)c4sccc4n3)cc2s1. The molecule has 0 saturated carbocycles. The van der Waals surface area contributed by atoms with Crippen LogP contribution in [0, 0.1) is 0 Å². The minimum absolute atomic E-state index is 0.0465. The minimum Gasteiger partial charge on any atom is -0.349 e. The zero-order valence-corrected chi connectivity index (χ0v) is 20.1. The van der Waals surface area contributed by atoms with Gasteiger partial charge in [0.05, 0.1) is 26.8 Å². The maximum atomic E-state index is 12.4. The molecule has 34 heavy (non-hydrogen) atoms. The van der Waals surface area contributed by atoms with Gasteiger partial charge in [-0.15, -0.1) is 22.7 Å². The predicted molar refractivity (Wildman–Crippen MR) is 140 cm³/mol. The molecule has 168 valence electrons. The van der Waals surface area contributed by atoms with Crippen molar-refractivity contribution in [2.75, 3.05) is 5.32 Å². The van der Waals surface area contributed by atoms with Crippen molar-refractivity contribution in [1.29, 1.82) is 0 Å². The molecule has 7 nitrogen and oxygen atoms in total. The summed E-state index contributed by atoms with van der Waals surface area (Å²) < 4.78 is 2.03. The normalized spacial score (nSPS) is 11.6. The third-order valence-corrected chi connectivity index (χ3v) is 7.44. The Morgan fingerprint density at radius 1 is 1.03 bits per heavy atom. The Hall–Kier alpha value is -3.82. The highest BCUT2D eigenvalue weighted by Crippen LogP contribution is 2.34. The quantitative estimate of drug-likeness (QED) is 0.266. The first kappa shape index (κ1) is 20.8. The fraction of sp³-hybridized carbons (Fsp3) is 0.120. The molecule has 0 aliphatic heterocycles. The van der Waals surface area contributed by atoms with E-state index in [1.54, 1.807) is 17.5 Å². The average Bonchev–Trinajstić information content (AvgIpc) is 3.56. The number of rotatable bonds is 5. The van der Waals surface area contributed by atoms with Gasteiger partial charge in [0.2, 0.25) is 0 Å². The van der Waals surface area contributed by atoms with E-state index < -0.39 is 0 Å². The summed E-state index contributed by atoms with van der Waals surface area (Å²) in [6.45, 7) is 3.92. The van der Waals surface area contributed by atoms with Crippen LogP contribution in [0.5, 0.6) is 0 Å². The van der Waals surface area contributed by atoms with Crippen molar-refractivity contribution in [3.8, 4) is 11.4 Å². The Morgan fingerprint density at radius 3 is 2.82 bits per heavy atom. The van der Waals surface area contributed by atoms with E-state index in [4.69, 9.17) is 9.97 Å². The van der Waals surface area contributed by atoms with E-state index >= 15 is 0 Å². The number of carbonyl (C=O) groups is 1. The fourth-order valence-corrected chi connectivity index (χ4v) is 5.63. The highest BCUT2D eigenvalue weighted by molar-refractivity contribution is 7.20. The topological polar surface area (TPSA) is 95.6 Å². The van der Waals surface area contributed by atoms with E-state index in [1.807, 2.05) is 61.7 Å². The van der Waals surface area contributed by atoms with E-state index in [0.717, 1.165) is 48.3 Å². The maximum absolute atomic E-state index is 12.4. The van der Waals surface area contributed by atoms with Crippen molar-refractivity contribution in [2.45, 2.75) is 19.9 Å². The largest absolute Gasteiger partial charge is 0.349 e. The van der Waals surface area contributed by atoms with Crippen LogP contribution in [0.3, 0.4) is 0 Å². The third kappa shape index (κ3) is 3.78. The molecular formula is C25H20N6OS2. The molecule has 4 heterocycles. The van der Waals surface area contributed by atoms with Gasteiger partial charge in [-0.1, -0.05) is 12.1 Å². The molecule has 2 aromatic carbocycles. The molecule has 0 saturated heterocycles. The molecule has 1 amide bonds. The molecule has 0 spiro atoms. The second-order valence-electron chi connectivity index (χ2n) is 8.32. The first-order valence-electron chi connectivity index (χ1n) is 10.8. The van der Waals surface area contributed by atoms with Crippen molar-refractivity contribution in [3.63, 3.8) is 0 Å². The summed E-state index contributed by atoms with van der Waals surface area (Å²) in [5.74, 6) is 1.36. The van der Waals surface area contributed by atoms with E-state index in [0.29, 0.717) is 10.7 Å². The van der Waals surface area contributed by atoms with E-state index in [2.05, 4.69) is 26.9 Å². The lowest BCUT2D eigenvalue weighted by Gasteiger charge is -2.09. The molecule has 0 unspecified atom stereocenters. The molecule has 6 aromatic rings. The molecule has 0 radical (unpaired) electrons. The first-order valence-corrected chi connectivity index (χ1v) is 12.5. The molecule has 9 heteroatoms. The van der Waals surface area contributed by atoms with Gasteiger partial charge in [0.15, 0.2) is 11.6 Å². The molecule has 0 aliphatic rings. The molecule has 6 rings (SSSR count). The number of hydrogen-bond donors (Lipinski definition) is 3. The summed E-state index contributed by atoms with van der Waals surface area (Å²) in [6.07, 6.45) is 1.80. The van der Waals surface area contributed by atoms with Gasteiger partial charge in [-0.2, -0.15) is 5.10 Å². The zero-order chi connectivity index (χ0) is 23.2. The van der Waals surface area contributed by atoms with Crippen LogP contribution in [0.4, 0.5) is 11.5 Å². The Morgan fingerprint density at radius 2 is 1.94 bits per heavy atom. The van der Waals surface area contributed by atoms with Gasteiger partial charge in [0.1, 0.15) is 0 Å². The molecule has 4 aromatic heterocycles. The lowest BCUT2D eigenvalue weighted by molar-refractivity contribution is 0.0947. The summed E-state index contributed by atoms with van der Waals surface area (Å²) in [4.78, 5) is 22.8. The van der Waals surface area contributed by atoms with Gasteiger partial charge in [-0.3, -0.25) is 9.89 Å². The lowest BCUT2D eigenvalue weighted by Crippen LogP contribution is -2.29. The number of carbonyl (C=O) groups excluding carboxylic acids is 1. The number of fused-ring (bicyclic) bond motifs is 3. The van der Waals surface area contributed by atoms with Gasteiger partial charge in [0.25, 0.3) is 5.91 Å². The van der Waals surface area contributed by atoms with Crippen molar-refractivity contribution >= 4 is 71.3 Å². The van der Waals surface area contributed by atoms with Crippen LogP contribution in [-0.4, -0.2) is 32.1 Å². The minimum atomic E-state index is -0.0465. The van der Waals surface area contributed by atoms with Gasteiger partial charge in [-0.05, 0) is 61.0 Å². The number of anilines is 2. The number of thiophene rings is 2. The second-order valence-corrected chi connectivity index (χ2v) is 10.3. The van der Waals surface area contributed by atoms with Crippen LogP contribution in [0.25, 0.3) is 42.6 Å². The van der Waals surface area contributed by atoms with Crippen LogP contribution >= 0.6 is 22.7 Å². The van der Waals surface area contributed by atoms with Crippen molar-refractivity contribution in [1.82, 2.24) is 25.5 Å². The summed E-state index contributed by atoms with van der Waals surface area (Å²) in [5.41, 5.74) is 3.72. The lowest BCUT2D eigenvalue weighted by atomic mass is 10.1. The monoisotopic (exact) mass is 484 g/mol. The number of aromatic amines is 1. The molecule has 0 aliphatic carbocycles. The molecule has 0 atom stereocenters. The van der Waals surface area contributed by atoms with Crippen LogP contribution in [0.15, 0.2) is 60.1 Å². The van der Waals surface area contributed by atoms with Crippen LogP contribution in [-0.2, 0) is 0 Å². The molecule has 0 bridgehead atoms. The number of H-pyrrole nitrogens is 1. The second kappa shape index (κ2) is 8.19. The smallest absolute Gasteiger partial charge is 0.261 e. The summed E-state index contributed by atoms with van der Waals surface area (Å²) in [6, 6.07) is 16.2. The highest BCUT2D eigenvalue weighted by atomic mass is 32.1. The van der Waals surface area contributed by atoms with Crippen LogP contribution < -0.4 is 10.6 Å². The average molecular weight is 485 g/mol. The fourth-order valence-electron chi connectivity index (χ4n) is 3.85. The van der Waals surface area contributed by atoms with Crippen molar-refractivity contribution < 1.29 is 4.79 Å². The Balaban J connectivity index is 1.39. The van der Waals surface area contributed by atoms with Crippen LogP contribution in [0.1, 0.15) is 23.5 Å². The maximum Gasteiger partial charge on any atom is 0.261 e. The zero-order valence-electron chi connectivity index (χ0n) is 18.4. The van der Waals surface area contributed by atoms with Gasteiger partial charge in [0, 0.05) is 27.4 Å². The summed E-state index contributed by atoms with van der Waals surface area (Å²) in [7, 11) is 0. The van der Waals surface area contributed by atoms with Gasteiger partial charge < -0.3 is 10.6 Å². The van der Waals surface area contributed by atoms with Crippen molar-refractivity contribution in [2.24, 2.45) is 0 Å². The molecular weight excluding hydrogens is 464 g/mol. The number of hydrogen-bond acceptors (Lipinski definition) is 7. The van der Waals surface area contributed by atoms with E-state index in [9.17, 15) is 4.79 Å². The van der Waals surface area contributed by atoms with Gasteiger partial charge in [-0.25, -0.2) is 9.97 Å². The number of aromatic nitrogens is 4. The number of benzene rings is 2. The van der Waals surface area contributed by atoms with E-state index in [-0.39, 0.29) is 11.9 Å². The standard InChI is InChI=1S/C25H20N6OS2/c1-13(2)27-25(32)21-10-14-3-4-15(11-20(14)34-21)23-29-19-7-8-33-22(19)24(30-23)28-17-5-6-18-16(9-17)12-26-31-18/h3-13H,1-2H3,(H,26,31)(H,27,32)(H,28,29,30). The number of amides is 1. The number of nitrogens with zero attached hydrogens (tertiary/aromatic N) is 3. The Kier molecular flexibility index (Phi) is 5.00. The van der Waals surface area contributed by atoms with Gasteiger partial charge >= 0.3 is 0 Å². The van der Waals surface area contributed by atoms with Crippen LogP contribution in [0.2, 0.25) is 0 Å². The summed E-state index contributed by atoms with van der Waals surface area (Å²) >= 11 is 3.09.